The van der Waals surface area contributed by atoms with Crippen LogP contribution in [0.3, 0.4) is 0 Å². The summed E-state index contributed by atoms with van der Waals surface area (Å²) in [5.74, 6) is -0.370. The highest BCUT2D eigenvalue weighted by molar-refractivity contribution is 5.92. The van der Waals surface area contributed by atoms with Crippen LogP contribution in [0.2, 0.25) is 0 Å². The van der Waals surface area contributed by atoms with E-state index in [-0.39, 0.29) is 17.6 Å². The number of ketones is 1. The summed E-state index contributed by atoms with van der Waals surface area (Å²) < 4.78 is 0. The van der Waals surface area contributed by atoms with Crippen molar-refractivity contribution in [1.82, 2.24) is 20.4 Å². The van der Waals surface area contributed by atoms with E-state index in [1.807, 2.05) is 48.8 Å². The molecule has 4 aromatic rings. The number of carbonyl (C=O) groups is 1. The molecule has 0 bridgehead atoms. The number of aromatic nitrogens is 4. The normalized spacial score (nSPS) is 13.1. The summed E-state index contributed by atoms with van der Waals surface area (Å²) in [7, 11) is 0. The van der Waals surface area contributed by atoms with E-state index in [1.54, 1.807) is 12.4 Å². The Labute approximate surface area is 163 Å². The van der Waals surface area contributed by atoms with Crippen molar-refractivity contribution in [2.75, 3.05) is 0 Å². The van der Waals surface area contributed by atoms with Crippen LogP contribution in [-0.2, 0) is 17.6 Å². The SMILES string of the molecule is O=C(C(Cc1ccccc1)c1cn[nH]c1)C(Cc1ccccc1)c1cn[nH]c1. The first-order valence-electron chi connectivity index (χ1n) is 9.40. The second-order valence-electron chi connectivity index (χ2n) is 6.95. The second kappa shape index (κ2) is 8.48. The van der Waals surface area contributed by atoms with Crippen LogP contribution in [0.5, 0.6) is 0 Å². The van der Waals surface area contributed by atoms with Crippen LogP contribution in [0.1, 0.15) is 34.1 Å². The summed E-state index contributed by atoms with van der Waals surface area (Å²) in [4.78, 5) is 13.8. The first-order chi connectivity index (χ1) is 13.8. The standard InChI is InChI=1S/C23H22N4O/c28-23(21(19-13-24-25-14-19)11-17-7-3-1-4-8-17)22(20-15-26-27-16-20)12-18-9-5-2-6-10-18/h1-10,13-16,21-22H,11-12H2,(H,24,25)(H,26,27). The van der Waals surface area contributed by atoms with Crippen molar-refractivity contribution in [3.63, 3.8) is 0 Å². The van der Waals surface area contributed by atoms with E-state index in [2.05, 4.69) is 44.7 Å². The van der Waals surface area contributed by atoms with Gasteiger partial charge in [0.25, 0.3) is 0 Å². The minimum atomic E-state index is -0.273. The van der Waals surface area contributed by atoms with Crippen LogP contribution in [0.15, 0.2) is 85.5 Å². The van der Waals surface area contributed by atoms with Crippen molar-refractivity contribution in [3.05, 3.63) is 108 Å². The first-order valence-corrected chi connectivity index (χ1v) is 9.40. The van der Waals surface area contributed by atoms with Crippen LogP contribution < -0.4 is 0 Å². The lowest BCUT2D eigenvalue weighted by Crippen LogP contribution is -2.24. The Kier molecular flexibility index (Phi) is 5.43. The van der Waals surface area contributed by atoms with Gasteiger partial charge in [-0.15, -0.1) is 0 Å². The van der Waals surface area contributed by atoms with E-state index in [0.29, 0.717) is 12.8 Å². The van der Waals surface area contributed by atoms with Crippen molar-refractivity contribution in [1.29, 1.82) is 0 Å². The molecule has 2 N–H and O–H groups in total. The monoisotopic (exact) mass is 370 g/mol. The summed E-state index contributed by atoms with van der Waals surface area (Å²) in [6, 6.07) is 20.2. The molecule has 0 radical (unpaired) electrons. The summed E-state index contributed by atoms with van der Waals surface area (Å²) in [6.45, 7) is 0. The molecule has 140 valence electrons. The molecule has 2 heterocycles. The van der Waals surface area contributed by atoms with Crippen molar-refractivity contribution in [2.24, 2.45) is 0 Å². The van der Waals surface area contributed by atoms with Gasteiger partial charge in [-0.2, -0.15) is 10.2 Å². The second-order valence-corrected chi connectivity index (χ2v) is 6.95. The highest BCUT2D eigenvalue weighted by Gasteiger charge is 2.31. The minimum absolute atomic E-state index is 0.176. The zero-order valence-electron chi connectivity index (χ0n) is 15.5. The van der Waals surface area contributed by atoms with Crippen LogP contribution >= 0.6 is 0 Å². The number of nitrogens with one attached hydrogen (secondary N) is 2. The average molecular weight is 370 g/mol. The summed E-state index contributed by atoms with van der Waals surface area (Å²) in [6.07, 6.45) is 8.42. The van der Waals surface area contributed by atoms with Crippen LogP contribution in [0.25, 0.3) is 0 Å². The van der Waals surface area contributed by atoms with Gasteiger partial charge >= 0.3 is 0 Å². The predicted molar refractivity (Wildman–Crippen MR) is 108 cm³/mol. The quantitative estimate of drug-likeness (QED) is 0.491. The van der Waals surface area contributed by atoms with E-state index >= 15 is 0 Å². The Hall–Kier alpha value is -3.47. The molecule has 0 saturated carbocycles. The molecule has 0 amide bonds. The van der Waals surface area contributed by atoms with Gasteiger partial charge in [0.05, 0.1) is 24.2 Å². The largest absolute Gasteiger partial charge is 0.298 e. The number of hydrogen-bond acceptors (Lipinski definition) is 3. The molecule has 28 heavy (non-hydrogen) atoms. The molecule has 0 saturated heterocycles. The third kappa shape index (κ3) is 4.09. The van der Waals surface area contributed by atoms with Gasteiger partial charge in [0.2, 0.25) is 0 Å². The molecule has 0 fully saturated rings. The Morgan fingerprint density at radius 2 is 1.14 bits per heavy atom. The smallest absolute Gasteiger partial charge is 0.148 e. The van der Waals surface area contributed by atoms with E-state index in [4.69, 9.17) is 0 Å². The lowest BCUT2D eigenvalue weighted by Gasteiger charge is -2.21. The van der Waals surface area contributed by atoms with Crippen LogP contribution in [0.4, 0.5) is 0 Å². The average Bonchev–Trinajstić information content (AvgIpc) is 3.46. The molecule has 0 aliphatic heterocycles. The Bertz CT molecular complexity index is 898. The van der Waals surface area contributed by atoms with E-state index in [0.717, 1.165) is 22.3 Å². The maximum Gasteiger partial charge on any atom is 0.148 e. The molecule has 0 spiro atoms. The molecular formula is C23H22N4O. The van der Waals surface area contributed by atoms with Crippen molar-refractivity contribution in [3.8, 4) is 0 Å². The Balaban J connectivity index is 1.67. The van der Waals surface area contributed by atoms with Gasteiger partial charge in [0.15, 0.2) is 0 Å². The van der Waals surface area contributed by atoms with Gasteiger partial charge in [-0.05, 0) is 24.0 Å². The predicted octanol–water partition coefficient (Wildman–Crippen LogP) is 4.05. The fourth-order valence-electron chi connectivity index (χ4n) is 3.61. The number of Topliss-reactive ketones (excluding diaryl/α,β-unsaturated/α-hetero) is 1. The molecule has 2 aromatic carbocycles. The van der Waals surface area contributed by atoms with Crippen molar-refractivity contribution in [2.45, 2.75) is 24.7 Å². The number of aromatic amines is 2. The molecule has 0 aliphatic carbocycles. The number of benzene rings is 2. The molecule has 5 nitrogen and oxygen atoms in total. The maximum absolute atomic E-state index is 13.8. The molecule has 0 aliphatic rings. The van der Waals surface area contributed by atoms with Crippen molar-refractivity contribution >= 4 is 5.78 Å². The summed E-state index contributed by atoms with van der Waals surface area (Å²) in [5.41, 5.74) is 4.09. The topological polar surface area (TPSA) is 74.4 Å². The number of hydrogen-bond donors (Lipinski definition) is 2. The van der Waals surface area contributed by atoms with Gasteiger partial charge < -0.3 is 0 Å². The maximum atomic E-state index is 13.8. The van der Waals surface area contributed by atoms with E-state index < -0.39 is 0 Å². The zero-order chi connectivity index (χ0) is 19.2. The first kappa shape index (κ1) is 17.9. The summed E-state index contributed by atoms with van der Waals surface area (Å²) in [5, 5.41) is 13.9. The highest BCUT2D eigenvalue weighted by Crippen LogP contribution is 2.31. The third-order valence-electron chi connectivity index (χ3n) is 5.10. The number of carbonyl (C=O) groups excluding carboxylic acids is 1. The van der Waals surface area contributed by atoms with Crippen LogP contribution in [0, 0.1) is 0 Å². The summed E-state index contributed by atoms with van der Waals surface area (Å²) >= 11 is 0. The number of nitrogens with zero attached hydrogens (tertiary/aromatic N) is 2. The fraction of sp³-hybridized carbons (Fsp3) is 0.174. The van der Waals surface area contributed by atoms with Gasteiger partial charge in [-0.1, -0.05) is 60.7 Å². The van der Waals surface area contributed by atoms with Gasteiger partial charge in [-0.3, -0.25) is 15.0 Å². The third-order valence-corrected chi connectivity index (χ3v) is 5.10. The Morgan fingerprint density at radius 3 is 1.50 bits per heavy atom. The zero-order valence-corrected chi connectivity index (χ0v) is 15.5. The van der Waals surface area contributed by atoms with E-state index in [1.165, 1.54) is 0 Å². The number of rotatable bonds is 8. The lowest BCUT2D eigenvalue weighted by molar-refractivity contribution is -0.122. The van der Waals surface area contributed by atoms with E-state index in [9.17, 15) is 4.79 Å². The van der Waals surface area contributed by atoms with Gasteiger partial charge in [0.1, 0.15) is 5.78 Å². The van der Waals surface area contributed by atoms with Gasteiger partial charge in [-0.25, -0.2) is 0 Å². The van der Waals surface area contributed by atoms with Gasteiger partial charge in [0, 0.05) is 23.5 Å². The Morgan fingerprint density at radius 1 is 0.714 bits per heavy atom. The molecule has 2 atom stereocenters. The lowest BCUT2D eigenvalue weighted by atomic mass is 9.79. The molecule has 5 heteroatoms. The van der Waals surface area contributed by atoms with Crippen molar-refractivity contribution < 1.29 is 4.79 Å². The number of H-pyrrole nitrogens is 2. The molecule has 2 aromatic heterocycles. The molecular weight excluding hydrogens is 348 g/mol. The van der Waals surface area contributed by atoms with Crippen LogP contribution in [-0.4, -0.2) is 26.2 Å². The molecule has 4 rings (SSSR count). The molecule has 2 unspecified atom stereocenters. The fourth-order valence-corrected chi connectivity index (χ4v) is 3.61. The minimum Gasteiger partial charge on any atom is -0.298 e. The highest BCUT2D eigenvalue weighted by atomic mass is 16.1.